The van der Waals surface area contributed by atoms with Crippen LogP contribution in [0.5, 0.6) is 0 Å². The van der Waals surface area contributed by atoms with Crippen molar-refractivity contribution in [2.45, 2.75) is 26.2 Å². The van der Waals surface area contributed by atoms with Crippen LogP contribution in [0.2, 0.25) is 0 Å². The molecule has 0 saturated carbocycles. The van der Waals surface area contributed by atoms with Gasteiger partial charge < -0.3 is 10.1 Å². The van der Waals surface area contributed by atoms with Crippen LogP contribution in [0.25, 0.3) is 0 Å². The molecule has 0 aliphatic rings. The number of hydrogen-bond acceptors (Lipinski definition) is 3. The first-order valence-corrected chi connectivity index (χ1v) is 8.38. The molecule has 0 aliphatic carbocycles. The molecule has 0 spiro atoms. The van der Waals surface area contributed by atoms with Crippen molar-refractivity contribution in [1.82, 2.24) is 0 Å². The molecule has 1 N–H and O–H groups in total. The second-order valence-corrected chi connectivity index (χ2v) is 6.05. The first-order chi connectivity index (χ1) is 12.4. The number of carbonyl (C=O) groups excluding carboxylic acids is 2. The third-order valence-corrected chi connectivity index (χ3v) is 4.17. The van der Waals surface area contributed by atoms with E-state index in [1.807, 2.05) is 44.2 Å². The first kappa shape index (κ1) is 19.6. The summed E-state index contributed by atoms with van der Waals surface area (Å²) >= 11 is 0. The van der Waals surface area contributed by atoms with Gasteiger partial charge in [-0.2, -0.15) is 0 Å². The molecule has 26 heavy (non-hydrogen) atoms. The van der Waals surface area contributed by atoms with E-state index in [1.54, 1.807) is 0 Å². The summed E-state index contributed by atoms with van der Waals surface area (Å²) in [5.41, 5.74) is 0.510. The summed E-state index contributed by atoms with van der Waals surface area (Å²) in [6, 6.07) is 11.9. The molecule has 0 heterocycles. The number of rotatable bonds is 7. The lowest BCUT2D eigenvalue weighted by Gasteiger charge is -2.21. The van der Waals surface area contributed by atoms with Crippen LogP contribution in [0.4, 0.5) is 14.5 Å². The fourth-order valence-corrected chi connectivity index (χ4v) is 2.60. The van der Waals surface area contributed by atoms with Crippen LogP contribution in [0.3, 0.4) is 0 Å². The van der Waals surface area contributed by atoms with E-state index in [9.17, 15) is 18.4 Å². The third kappa shape index (κ3) is 5.12. The number of benzene rings is 2. The highest BCUT2D eigenvalue weighted by Crippen LogP contribution is 2.28. The fourth-order valence-electron chi connectivity index (χ4n) is 2.60. The molecule has 2 aromatic rings. The Morgan fingerprint density at radius 1 is 1.12 bits per heavy atom. The quantitative estimate of drug-likeness (QED) is 0.749. The minimum Gasteiger partial charge on any atom is -0.455 e. The van der Waals surface area contributed by atoms with Gasteiger partial charge in [-0.25, -0.2) is 8.78 Å². The number of nitrogens with one attached hydrogen (secondary N) is 1. The summed E-state index contributed by atoms with van der Waals surface area (Å²) in [6.07, 6.45) is 0.759. The van der Waals surface area contributed by atoms with Gasteiger partial charge in [0.05, 0.1) is 11.6 Å². The van der Waals surface area contributed by atoms with Gasteiger partial charge in [0.1, 0.15) is 11.6 Å². The van der Waals surface area contributed by atoms with E-state index in [1.165, 1.54) is 0 Å². The number of anilines is 1. The normalized spacial score (nSPS) is 12.9. The fraction of sp³-hybridized carbons (Fsp3) is 0.300. The van der Waals surface area contributed by atoms with E-state index in [0.717, 1.165) is 30.2 Å². The molecule has 2 unspecified atom stereocenters. The Labute approximate surface area is 151 Å². The van der Waals surface area contributed by atoms with Crippen LogP contribution in [-0.4, -0.2) is 18.5 Å². The Hall–Kier alpha value is -2.76. The van der Waals surface area contributed by atoms with Crippen LogP contribution >= 0.6 is 0 Å². The molecule has 0 fully saturated rings. The van der Waals surface area contributed by atoms with E-state index in [0.29, 0.717) is 0 Å². The van der Waals surface area contributed by atoms with Gasteiger partial charge in [-0.3, -0.25) is 9.59 Å². The van der Waals surface area contributed by atoms with Gasteiger partial charge >= 0.3 is 5.97 Å². The molecule has 0 aliphatic heterocycles. The lowest BCUT2D eigenvalue weighted by Crippen LogP contribution is -2.27. The number of ether oxygens (including phenoxy) is 1. The van der Waals surface area contributed by atoms with Crippen molar-refractivity contribution in [3.63, 3.8) is 0 Å². The van der Waals surface area contributed by atoms with Crippen LogP contribution in [0.1, 0.15) is 31.7 Å². The zero-order chi connectivity index (χ0) is 19.1. The van der Waals surface area contributed by atoms with Crippen molar-refractivity contribution in [1.29, 1.82) is 0 Å². The van der Waals surface area contributed by atoms with Gasteiger partial charge in [0.25, 0.3) is 5.91 Å². The number of amides is 1. The van der Waals surface area contributed by atoms with E-state index in [2.05, 4.69) is 5.32 Å². The maximum absolute atomic E-state index is 13.5. The Kier molecular flexibility index (Phi) is 6.83. The predicted octanol–water partition coefficient (Wildman–Crippen LogP) is 4.28. The summed E-state index contributed by atoms with van der Waals surface area (Å²) in [5, 5.41) is 2.20. The van der Waals surface area contributed by atoms with Gasteiger partial charge in [-0.1, -0.05) is 50.6 Å². The van der Waals surface area contributed by atoms with Crippen LogP contribution in [-0.2, 0) is 14.3 Å². The molecule has 2 aromatic carbocycles. The minimum atomic E-state index is -0.771. The molecular weight excluding hydrogens is 340 g/mol. The first-order valence-electron chi connectivity index (χ1n) is 8.38. The van der Waals surface area contributed by atoms with Crippen molar-refractivity contribution in [3.05, 3.63) is 65.7 Å². The van der Waals surface area contributed by atoms with E-state index in [4.69, 9.17) is 4.74 Å². The van der Waals surface area contributed by atoms with Crippen molar-refractivity contribution in [3.8, 4) is 0 Å². The van der Waals surface area contributed by atoms with Crippen LogP contribution in [0.15, 0.2) is 48.5 Å². The maximum Gasteiger partial charge on any atom is 0.314 e. The smallest absolute Gasteiger partial charge is 0.314 e. The Morgan fingerprint density at radius 3 is 2.46 bits per heavy atom. The third-order valence-electron chi connectivity index (χ3n) is 4.17. The highest BCUT2D eigenvalue weighted by molar-refractivity contribution is 5.93. The number of esters is 1. The average Bonchev–Trinajstić information content (AvgIpc) is 2.64. The lowest BCUT2D eigenvalue weighted by atomic mass is 9.86. The van der Waals surface area contributed by atoms with Gasteiger partial charge in [0.2, 0.25) is 0 Å². The molecule has 0 aromatic heterocycles. The second-order valence-electron chi connectivity index (χ2n) is 6.05. The predicted molar refractivity (Wildman–Crippen MR) is 94.6 cm³/mol. The Balaban J connectivity index is 2.01. The van der Waals surface area contributed by atoms with Crippen molar-refractivity contribution >= 4 is 17.6 Å². The van der Waals surface area contributed by atoms with E-state index >= 15 is 0 Å². The molecule has 1 amide bonds. The number of halogens is 2. The lowest BCUT2D eigenvalue weighted by molar-refractivity contribution is -0.150. The highest BCUT2D eigenvalue weighted by atomic mass is 19.1. The van der Waals surface area contributed by atoms with Crippen LogP contribution in [0, 0.1) is 17.6 Å². The van der Waals surface area contributed by atoms with Gasteiger partial charge in [-0.15, -0.1) is 0 Å². The van der Waals surface area contributed by atoms with Crippen molar-refractivity contribution in [2.75, 3.05) is 11.9 Å². The minimum absolute atomic E-state index is 0.0219. The van der Waals surface area contributed by atoms with Crippen molar-refractivity contribution in [2.24, 2.45) is 5.92 Å². The molecule has 0 saturated heterocycles. The summed E-state index contributed by atoms with van der Waals surface area (Å²) in [6.45, 7) is 3.32. The zero-order valence-corrected chi connectivity index (χ0v) is 14.7. The molecule has 2 rings (SSSR count). The second kappa shape index (κ2) is 9.08. The van der Waals surface area contributed by atoms with Crippen LogP contribution < -0.4 is 5.32 Å². The van der Waals surface area contributed by atoms with E-state index < -0.39 is 36.0 Å². The summed E-state index contributed by atoms with van der Waals surface area (Å²) in [7, 11) is 0. The number of carbonyl (C=O) groups is 2. The Morgan fingerprint density at radius 2 is 1.81 bits per heavy atom. The van der Waals surface area contributed by atoms with E-state index in [-0.39, 0.29) is 11.6 Å². The summed E-state index contributed by atoms with van der Waals surface area (Å²) in [4.78, 5) is 24.4. The monoisotopic (exact) mass is 361 g/mol. The average molecular weight is 361 g/mol. The highest BCUT2D eigenvalue weighted by Gasteiger charge is 2.27. The van der Waals surface area contributed by atoms with Gasteiger partial charge in [0, 0.05) is 6.07 Å². The molecule has 6 heteroatoms. The number of hydrogen-bond donors (Lipinski definition) is 1. The standard InChI is InChI=1S/C20H21F2NO3/c1-3-13(2)19(14-7-5-4-6-8-14)20(25)26-12-18(24)23-17-11-15(21)9-10-16(17)22/h4-11,13,19H,3,12H2,1-2H3,(H,23,24). The largest absolute Gasteiger partial charge is 0.455 e. The molecule has 4 nitrogen and oxygen atoms in total. The van der Waals surface area contributed by atoms with Crippen molar-refractivity contribution < 1.29 is 23.1 Å². The molecule has 2 atom stereocenters. The summed E-state index contributed by atoms with van der Waals surface area (Å²) in [5.74, 6) is -3.19. The zero-order valence-electron chi connectivity index (χ0n) is 14.7. The molecule has 138 valence electrons. The Bertz CT molecular complexity index is 765. The SMILES string of the molecule is CCC(C)C(C(=O)OCC(=O)Nc1cc(F)ccc1F)c1ccccc1. The maximum atomic E-state index is 13.5. The topological polar surface area (TPSA) is 55.4 Å². The van der Waals surface area contributed by atoms with Gasteiger partial charge in [-0.05, 0) is 23.6 Å². The summed E-state index contributed by atoms with van der Waals surface area (Å²) < 4.78 is 31.8. The molecule has 0 radical (unpaired) electrons. The van der Waals surface area contributed by atoms with Gasteiger partial charge in [0.15, 0.2) is 6.61 Å². The molecular formula is C20H21F2NO3. The molecule has 0 bridgehead atoms.